The van der Waals surface area contributed by atoms with E-state index in [-0.39, 0.29) is 0 Å². The Balaban J connectivity index is 1.57. The largest absolute Gasteiger partial charge is 0.445 e. The maximum absolute atomic E-state index is 12.3. The number of nitrogens with zero attached hydrogens (tertiary/aromatic N) is 3. The van der Waals surface area contributed by atoms with Crippen LogP contribution in [0.1, 0.15) is 10.0 Å². The highest BCUT2D eigenvalue weighted by Crippen LogP contribution is 2.36. The fraction of sp³-hybridized carbons (Fsp3) is 0.778. The molecule has 0 saturated carbocycles. The van der Waals surface area contributed by atoms with Crippen molar-refractivity contribution in [3.63, 3.8) is 0 Å². The smallest absolute Gasteiger partial charge is 0.315 e. The normalized spacial score (nSPS) is 23.5. The molecule has 0 bridgehead atoms. The summed E-state index contributed by atoms with van der Waals surface area (Å²) < 4.78 is 36.9. The van der Waals surface area contributed by atoms with Gasteiger partial charge < -0.3 is 5.32 Å². The second-order valence-corrected chi connectivity index (χ2v) is 5.81. The predicted molar refractivity (Wildman–Crippen MR) is 55.5 cm³/mol. The Kier molecular flexibility index (Phi) is 2.43. The number of aromatic nitrogens is 2. The molecule has 3 heterocycles. The van der Waals surface area contributed by atoms with E-state index in [1.54, 1.807) is 0 Å². The third kappa shape index (κ3) is 2.04. The summed E-state index contributed by atoms with van der Waals surface area (Å²) in [4.78, 5) is 2.11. The van der Waals surface area contributed by atoms with Crippen molar-refractivity contribution >= 4 is 11.3 Å². The summed E-state index contributed by atoms with van der Waals surface area (Å²) in [5.41, 5.74) is 0.386. The summed E-state index contributed by atoms with van der Waals surface area (Å²) >= 11 is 0.639. The Hall–Kier alpha value is -0.730. The summed E-state index contributed by atoms with van der Waals surface area (Å²) in [5.74, 6) is 0. The van der Waals surface area contributed by atoms with Crippen molar-refractivity contribution in [3.05, 3.63) is 10.0 Å². The molecule has 1 aromatic heterocycles. The summed E-state index contributed by atoms with van der Waals surface area (Å²) in [6.45, 7) is 4.41. The fourth-order valence-electron chi connectivity index (χ4n) is 2.34. The first-order valence-corrected chi connectivity index (χ1v) is 6.11. The number of hydrogen-bond donors (Lipinski definition) is 1. The standard InChI is InChI=1S/C9H11F3N4S/c10-9(11,12)7-15-14-6(17-7)1-16-4-8(5-16)2-13-3-8/h13H,1-5H2. The van der Waals surface area contributed by atoms with Gasteiger partial charge in [-0.3, -0.25) is 4.90 Å². The van der Waals surface area contributed by atoms with Crippen LogP contribution in [-0.4, -0.2) is 41.3 Å². The van der Waals surface area contributed by atoms with Gasteiger partial charge in [-0.1, -0.05) is 11.3 Å². The predicted octanol–water partition coefficient (Wildman–Crippen LogP) is 0.962. The molecule has 0 atom stereocenters. The highest BCUT2D eigenvalue weighted by atomic mass is 32.1. The van der Waals surface area contributed by atoms with Crippen LogP contribution in [-0.2, 0) is 12.7 Å². The Labute approximate surface area is 99.8 Å². The zero-order valence-corrected chi connectivity index (χ0v) is 9.74. The average molecular weight is 264 g/mol. The number of rotatable bonds is 2. The van der Waals surface area contributed by atoms with E-state index in [1.165, 1.54) is 0 Å². The summed E-state index contributed by atoms with van der Waals surface area (Å²) in [6.07, 6.45) is -4.37. The van der Waals surface area contributed by atoms with Gasteiger partial charge in [-0.2, -0.15) is 13.2 Å². The maximum Gasteiger partial charge on any atom is 0.445 e. The quantitative estimate of drug-likeness (QED) is 0.864. The van der Waals surface area contributed by atoms with Crippen molar-refractivity contribution in [1.29, 1.82) is 0 Å². The van der Waals surface area contributed by atoms with Gasteiger partial charge >= 0.3 is 6.18 Å². The number of hydrogen-bond acceptors (Lipinski definition) is 5. The summed E-state index contributed by atoms with van der Waals surface area (Å²) in [5, 5.41) is 9.56. The molecule has 1 spiro atoms. The van der Waals surface area contributed by atoms with E-state index < -0.39 is 11.2 Å². The van der Waals surface area contributed by atoms with E-state index in [0.717, 1.165) is 26.2 Å². The van der Waals surface area contributed by atoms with Crippen LogP contribution in [0.15, 0.2) is 0 Å². The fourth-order valence-corrected chi connectivity index (χ4v) is 3.09. The molecule has 3 rings (SSSR count). The molecule has 1 aromatic rings. The molecule has 2 saturated heterocycles. The molecule has 2 fully saturated rings. The van der Waals surface area contributed by atoms with Crippen molar-refractivity contribution in [2.45, 2.75) is 12.7 Å². The minimum absolute atomic E-state index is 0.386. The first-order chi connectivity index (χ1) is 7.97. The third-order valence-corrected chi connectivity index (χ3v) is 4.14. The van der Waals surface area contributed by atoms with Crippen LogP contribution < -0.4 is 5.32 Å². The molecule has 0 aliphatic carbocycles. The van der Waals surface area contributed by atoms with Gasteiger partial charge in [-0.15, -0.1) is 10.2 Å². The van der Waals surface area contributed by atoms with Gasteiger partial charge in [-0.25, -0.2) is 0 Å². The monoisotopic (exact) mass is 264 g/mol. The lowest BCUT2D eigenvalue weighted by molar-refractivity contribution is -0.138. The molecule has 8 heteroatoms. The van der Waals surface area contributed by atoms with Gasteiger partial charge in [0.15, 0.2) is 0 Å². The molecule has 2 aliphatic heterocycles. The molecule has 0 amide bonds. The maximum atomic E-state index is 12.3. The molecular formula is C9H11F3N4S. The van der Waals surface area contributed by atoms with Gasteiger partial charge in [0.25, 0.3) is 0 Å². The minimum atomic E-state index is -4.37. The first-order valence-electron chi connectivity index (χ1n) is 5.30. The second-order valence-electron chi connectivity index (χ2n) is 4.75. The Bertz CT molecular complexity index is 418. The van der Waals surface area contributed by atoms with Crippen molar-refractivity contribution in [2.24, 2.45) is 5.41 Å². The summed E-state index contributed by atoms with van der Waals surface area (Å²) in [7, 11) is 0. The molecular weight excluding hydrogens is 253 g/mol. The molecule has 17 heavy (non-hydrogen) atoms. The Morgan fingerprint density at radius 3 is 2.47 bits per heavy atom. The van der Waals surface area contributed by atoms with E-state index in [2.05, 4.69) is 20.4 Å². The van der Waals surface area contributed by atoms with Crippen LogP contribution in [0.5, 0.6) is 0 Å². The van der Waals surface area contributed by atoms with Crippen LogP contribution in [0.3, 0.4) is 0 Å². The molecule has 2 aliphatic rings. The molecule has 4 nitrogen and oxygen atoms in total. The van der Waals surface area contributed by atoms with Gasteiger partial charge in [-0.05, 0) is 0 Å². The van der Waals surface area contributed by atoms with Crippen molar-refractivity contribution in [1.82, 2.24) is 20.4 Å². The molecule has 1 N–H and O–H groups in total. The molecule has 0 unspecified atom stereocenters. The van der Waals surface area contributed by atoms with E-state index in [9.17, 15) is 13.2 Å². The van der Waals surface area contributed by atoms with Gasteiger partial charge in [0.2, 0.25) is 5.01 Å². The van der Waals surface area contributed by atoms with E-state index in [4.69, 9.17) is 0 Å². The Morgan fingerprint density at radius 2 is 2.00 bits per heavy atom. The lowest BCUT2D eigenvalue weighted by Gasteiger charge is -2.56. The number of alkyl halides is 3. The van der Waals surface area contributed by atoms with Crippen LogP contribution in [0, 0.1) is 5.41 Å². The topological polar surface area (TPSA) is 41.1 Å². The van der Waals surface area contributed by atoms with Crippen LogP contribution >= 0.6 is 11.3 Å². The second kappa shape index (κ2) is 3.63. The molecule has 0 radical (unpaired) electrons. The van der Waals surface area contributed by atoms with Crippen LogP contribution in [0.2, 0.25) is 0 Å². The van der Waals surface area contributed by atoms with Gasteiger partial charge in [0.1, 0.15) is 5.01 Å². The Morgan fingerprint density at radius 1 is 1.29 bits per heavy atom. The lowest BCUT2D eigenvalue weighted by Crippen LogP contribution is -2.70. The van der Waals surface area contributed by atoms with Crippen molar-refractivity contribution in [2.75, 3.05) is 26.2 Å². The number of halogens is 3. The third-order valence-electron chi connectivity index (χ3n) is 3.19. The van der Waals surface area contributed by atoms with Crippen molar-refractivity contribution < 1.29 is 13.2 Å². The van der Waals surface area contributed by atoms with E-state index in [0.29, 0.717) is 28.3 Å². The highest BCUT2D eigenvalue weighted by Gasteiger charge is 2.47. The van der Waals surface area contributed by atoms with Crippen LogP contribution in [0.4, 0.5) is 13.2 Å². The van der Waals surface area contributed by atoms with Gasteiger partial charge in [0.05, 0.1) is 6.54 Å². The SMILES string of the molecule is FC(F)(F)c1nnc(CN2CC3(CNC3)C2)s1. The number of likely N-dealkylation sites (tertiary alicyclic amines) is 1. The lowest BCUT2D eigenvalue weighted by atomic mass is 9.74. The van der Waals surface area contributed by atoms with Gasteiger partial charge in [0, 0.05) is 31.6 Å². The molecule has 94 valence electrons. The zero-order valence-electron chi connectivity index (χ0n) is 8.92. The molecule has 0 aromatic carbocycles. The zero-order chi connectivity index (χ0) is 12.1. The number of nitrogens with one attached hydrogen (secondary N) is 1. The highest BCUT2D eigenvalue weighted by molar-refractivity contribution is 7.11. The minimum Gasteiger partial charge on any atom is -0.315 e. The van der Waals surface area contributed by atoms with Crippen LogP contribution in [0.25, 0.3) is 0 Å². The van der Waals surface area contributed by atoms with E-state index >= 15 is 0 Å². The average Bonchev–Trinajstić information content (AvgIpc) is 2.54. The van der Waals surface area contributed by atoms with E-state index in [1.807, 2.05) is 0 Å². The first kappa shape index (κ1) is 11.4. The van der Waals surface area contributed by atoms with Crippen molar-refractivity contribution in [3.8, 4) is 0 Å². The summed E-state index contributed by atoms with van der Waals surface area (Å²) in [6, 6.07) is 0.